The van der Waals surface area contributed by atoms with Gasteiger partial charge in [-0.1, -0.05) is 33.6 Å². The quantitative estimate of drug-likeness (QED) is 0.253. The molecule has 2 heterocycles. The minimum atomic E-state index is -1.16. The molecular weight excluding hydrogens is 540 g/mol. The normalized spacial score (nSPS) is 17.7. The number of ether oxygens (including phenoxy) is 1. The number of halogens is 2. The van der Waals surface area contributed by atoms with E-state index >= 15 is 0 Å². The molecule has 1 saturated carbocycles. The van der Waals surface area contributed by atoms with E-state index < -0.39 is 66.4 Å². The Morgan fingerprint density at radius 2 is 1.80 bits per heavy atom. The maximum absolute atomic E-state index is 13.9. The van der Waals surface area contributed by atoms with Crippen LogP contribution >= 0.6 is 0 Å². The highest BCUT2D eigenvalue weighted by Crippen LogP contribution is 2.26. The number of nitrogens with two attached hydrogens (primary N) is 1. The van der Waals surface area contributed by atoms with Gasteiger partial charge in [-0.3, -0.25) is 24.0 Å². The van der Waals surface area contributed by atoms with Crippen molar-refractivity contribution in [3.05, 3.63) is 35.5 Å². The molecule has 11 nitrogen and oxygen atoms in total. The second kappa shape index (κ2) is 14.2. The number of ketones is 1. The standard InChI is InChI=1S/C24H29F2N5O6.C4H8/c1-11(2)20(27)24(36)37-10-18(32)16(6-12-3-4-28-22(12)34)30-19(33)9-29-23(35)17-7-13-5-14(25)8-15(26)21(13)31-17;1-4-2-3-4/h5,7-8,11-12,16,20,31H,3-4,6,9-10,27H2,1-2H3,(H,28,34)(H,29,35)(H,30,33);4H,2-3H2,1H3/t12?,16-,20?;/m0./s1. The van der Waals surface area contributed by atoms with Crippen molar-refractivity contribution >= 4 is 40.4 Å². The van der Waals surface area contributed by atoms with Crippen LogP contribution in [-0.4, -0.2) is 66.2 Å². The van der Waals surface area contributed by atoms with Gasteiger partial charge in [0.15, 0.2) is 12.4 Å². The number of aromatic amines is 1. The molecule has 1 aromatic carbocycles. The molecule has 13 heteroatoms. The molecule has 3 atom stereocenters. The van der Waals surface area contributed by atoms with Crippen LogP contribution in [-0.2, 0) is 23.9 Å². The number of amides is 3. The average molecular weight is 578 g/mol. The van der Waals surface area contributed by atoms with E-state index in [2.05, 4.69) is 27.9 Å². The van der Waals surface area contributed by atoms with Gasteiger partial charge in [0.2, 0.25) is 11.8 Å². The van der Waals surface area contributed by atoms with Crippen molar-refractivity contribution in [3.63, 3.8) is 0 Å². The zero-order chi connectivity index (χ0) is 30.3. The van der Waals surface area contributed by atoms with E-state index in [1.807, 2.05) is 0 Å². The summed E-state index contributed by atoms with van der Waals surface area (Å²) in [6.07, 6.45) is 3.41. The molecule has 1 saturated heterocycles. The van der Waals surface area contributed by atoms with Gasteiger partial charge >= 0.3 is 5.97 Å². The lowest BCUT2D eigenvalue weighted by atomic mass is 9.96. The molecule has 2 unspecified atom stereocenters. The number of hydrogen-bond donors (Lipinski definition) is 5. The number of hydrogen-bond acceptors (Lipinski definition) is 7. The summed E-state index contributed by atoms with van der Waals surface area (Å²) in [4.78, 5) is 64.2. The molecule has 41 heavy (non-hydrogen) atoms. The Hall–Kier alpha value is -3.87. The van der Waals surface area contributed by atoms with Gasteiger partial charge in [-0.15, -0.1) is 0 Å². The minimum absolute atomic E-state index is 0.0228. The lowest BCUT2D eigenvalue weighted by molar-refractivity contribution is -0.151. The summed E-state index contributed by atoms with van der Waals surface area (Å²) in [5, 5.41) is 7.58. The van der Waals surface area contributed by atoms with Crippen molar-refractivity contribution in [3.8, 4) is 0 Å². The smallest absolute Gasteiger partial charge is 0.323 e. The van der Waals surface area contributed by atoms with Crippen LogP contribution < -0.4 is 21.7 Å². The highest BCUT2D eigenvalue weighted by molar-refractivity contribution is 6.00. The van der Waals surface area contributed by atoms with Gasteiger partial charge in [0.05, 0.1) is 18.1 Å². The average Bonchev–Trinajstić information content (AvgIpc) is 3.40. The van der Waals surface area contributed by atoms with Gasteiger partial charge in [0, 0.05) is 23.9 Å². The first-order chi connectivity index (χ1) is 19.3. The van der Waals surface area contributed by atoms with E-state index in [1.54, 1.807) is 13.8 Å². The largest absolute Gasteiger partial charge is 0.456 e. The van der Waals surface area contributed by atoms with Crippen molar-refractivity contribution in [2.45, 2.75) is 58.5 Å². The Morgan fingerprint density at radius 3 is 2.39 bits per heavy atom. The Balaban J connectivity index is 0.00000106. The molecule has 2 fully saturated rings. The van der Waals surface area contributed by atoms with Gasteiger partial charge in [0.25, 0.3) is 5.91 Å². The summed E-state index contributed by atoms with van der Waals surface area (Å²) in [6.45, 7) is 4.94. The third kappa shape index (κ3) is 9.34. The van der Waals surface area contributed by atoms with Crippen LogP contribution in [0, 0.1) is 29.4 Å². The van der Waals surface area contributed by atoms with Crippen molar-refractivity contribution in [2.24, 2.45) is 23.5 Å². The number of carbonyl (C=O) groups is 5. The number of fused-ring (bicyclic) bond motifs is 1. The molecule has 0 spiro atoms. The first kappa shape index (κ1) is 31.7. The molecule has 2 aromatic rings. The second-order valence-corrected chi connectivity index (χ2v) is 10.9. The highest BCUT2D eigenvalue weighted by Gasteiger charge is 2.32. The number of carbonyl (C=O) groups excluding carboxylic acids is 5. The van der Waals surface area contributed by atoms with Gasteiger partial charge in [0.1, 0.15) is 23.4 Å². The fourth-order valence-electron chi connectivity index (χ4n) is 3.99. The molecule has 0 radical (unpaired) electrons. The van der Waals surface area contributed by atoms with Crippen LogP contribution in [0.3, 0.4) is 0 Å². The van der Waals surface area contributed by atoms with Crippen molar-refractivity contribution in [1.82, 2.24) is 20.9 Å². The monoisotopic (exact) mass is 577 g/mol. The molecule has 2 aliphatic rings. The number of aromatic nitrogens is 1. The molecule has 1 aliphatic carbocycles. The van der Waals surface area contributed by atoms with Crippen molar-refractivity contribution in [2.75, 3.05) is 19.7 Å². The zero-order valence-corrected chi connectivity index (χ0v) is 23.4. The van der Waals surface area contributed by atoms with Crippen molar-refractivity contribution in [1.29, 1.82) is 0 Å². The predicted molar refractivity (Wildman–Crippen MR) is 145 cm³/mol. The third-order valence-corrected chi connectivity index (χ3v) is 6.92. The Bertz CT molecular complexity index is 1290. The summed E-state index contributed by atoms with van der Waals surface area (Å²) < 4.78 is 32.3. The summed E-state index contributed by atoms with van der Waals surface area (Å²) in [7, 11) is 0. The van der Waals surface area contributed by atoms with Crippen LogP contribution in [0.15, 0.2) is 18.2 Å². The van der Waals surface area contributed by atoms with Gasteiger partial charge in [-0.25, -0.2) is 8.78 Å². The summed E-state index contributed by atoms with van der Waals surface area (Å²) >= 11 is 0. The fraction of sp³-hybridized carbons (Fsp3) is 0.536. The number of benzene rings is 1. The lowest BCUT2D eigenvalue weighted by Gasteiger charge is -2.21. The Morgan fingerprint density at radius 1 is 1.12 bits per heavy atom. The Kier molecular flexibility index (Phi) is 10.9. The van der Waals surface area contributed by atoms with Gasteiger partial charge in [-0.05, 0) is 36.8 Å². The first-order valence-electron chi connectivity index (χ1n) is 13.6. The number of rotatable bonds is 11. The summed E-state index contributed by atoms with van der Waals surface area (Å²) in [5.41, 5.74) is 5.55. The Labute approximate surface area is 236 Å². The maximum atomic E-state index is 13.9. The van der Waals surface area contributed by atoms with E-state index in [-0.39, 0.29) is 34.8 Å². The molecule has 4 rings (SSSR count). The highest BCUT2D eigenvalue weighted by atomic mass is 19.1. The van der Waals surface area contributed by atoms with Gasteiger partial charge in [-0.2, -0.15) is 0 Å². The van der Waals surface area contributed by atoms with E-state index in [4.69, 9.17) is 10.5 Å². The predicted octanol–water partition coefficient (Wildman–Crippen LogP) is 1.70. The minimum Gasteiger partial charge on any atom is -0.456 e. The molecule has 224 valence electrons. The topological polar surface area (TPSA) is 172 Å². The van der Waals surface area contributed by atoms with Crippen molar-refractivity contribution < 1.29 is 37.5 Å². The first-order valence-corrected chi connectivity index (χ1v) is 13.6. The number of H-pyrrole nitrogens is 1. The summed E-state index contributed by atoms with van der Waals surface area (Å²) in [6, 6.07) is 0.867. The molecule has 6 N–H and O–H groups in total. The van der Waals surface area contributed by atoms with Crippen LogP contribution in [0.4, 0.5) is 8.78 Å². The van der Waals surface area contributed by atoms with Crippen LogP contribution in [0.1, 0.15) is 56.9 Å². The van der Waals surface area contributed by atoms with E-state index in [0.29, 0.717) is 19.0 Å². The third-order valence-electron chi connectivity index (χ3n) is 6.92. The number of Topliss-reactive ketones (excluding diaryl/α,β-unsaturated/α-hetero) is 1. The summed E-state index contributed by atoms with van der Waals surface area (Å²) in [5.74, 6) is -4.52. The van der Waals surface area contributed by atoms with Crippen LogP contribution in [0.2, 0.25) is 0 Å². The SMILES string of the molecule is CC(C)C(N)C(=O)OCC(=O)[C@H](CC1CCNC1=O)NC(=O)CNC(=O)c1cc2cc(F)cc(F)c2[nH]1.CC1CC1. The fourth-order valence-corrected chi connectivity index (χ4v) is 3.99. The molecule has 1 aromatic heterocycles. The molecule has 3 amide bonds. The van der Waals surface area contributed by atoms with E-state index in [1.165, 1.54) is 18.9 Å². The molecular formula is C28H37F2N5O6. The maximum Gasteiger partial charge on any atom is 0.323 e. The van der Waals surface area contributed by atoms with E-state index in [9.17, 15) is 32.8 Å². The molecule has 0 bridgehead atoms. The van der Waals surface area contributed by atoms with Crippen LogP contribution in [0.25, 0.3) is 10.9 Å². The zero-order valence-electron chi connectivity index (χ0n) is 23.4. The lowest BCUT2D eigenvalue weighted by Crippen LogP contribution is -2.48. The number of nitrogens with one attached hydrogen (secondary N) is 4. The van der Waals surface area contributed by atoms with E-state index in [0.717, 1.165) is 12.0 Å². The number of esters is 1. The molecule has 1 aliphatic heterocycles. The second-order valence-electron chi connectivity index (χ2n) is 10.9. The van der Waals surface area contributed by atoms with Crippen LogP contribution in [0.5, 0.6) is 0 Å². The van der Waals surface area contributed by atoms with Gasteiger partial charge < -0.3 is 31.4 Å².